The van der Waals surface area contributed by atoms with E-state index in [1.54, 1.807) is 18.2 Å². The summed E-state index contributed by atoms with van der Waals surface area (Å²) in [6.07, 6.45) is 0.990. The number of hydrogen-bond donors (Lipinski definition) is 0. The van der Waals surface area contributed by atoms with Crippen molar-refractivity contribution in [2.75, 3.05) is 11.4 Å². The molecule has 1 aromatic rings. The Labute approximate surface area is 103 Å². The van der Waals surface area contributed by atoms with Crippen LogP contribution in [0, 0.1) is 0 Å². The minimum absolute atomic E-state index is 0.320. The van der Waals surface area contributed by atoms with E-state index in [4.69, 9.17) is 23.2 Å². The van der Waals surface area contributed by atoms with Gasteiger partial charge in [-0.25, -0.2) is 0 Å². The lowest BCUT2D eigenvalue weighted by Gasteiger charge is -2.26. The fourth-order valence-electron chi connectivity index (χ4n) is 1.69. The molecular formula is C11H9Cl2NO2. The summed E-state index contributed by atoms with van der Waals surface area (Å²) in [5.74, 6) is -0.854. The number of benzene rings is 1. The summed E-state index contributed by atoms with van der Waals surface area (Å²) < 4.78 is 0. The van der Waals surface area contributed by atoms with Gasteiger partial charge in [-0.15, -0.1) is 0 Å². The van der Waals surface area contributed by atoms with Crippen LogP contribution in [0.3, 0.4) is 0 Å². The van der Waals surface area contributed by atoms with Crippen LogP contribution >= 0.6 is 23.2 Å². The largest absolute Gasteiger partial charge is 0.304 e. The Balaban J connectivity index is 2.36. The van der Waals surface area contributed by atoms with Crippen LogP contribution in [0.15, 0.2) is 18.2 Å². The third-order valence-electron chi connectivity index (χ3n) is 2.47. The summed E-state index contributed by atoms with van der Waals surface area (Å²) in [4.78, 5) is 24.4. The molecule has 0 atom stereocenters. The van der Waals surface area contributed by atoms with E-state index in [-0.39, 0.29) is 5.78 Å². The van der Waals surface area contributed by atoms with E-state index < -0.39 is 5.91 Å². The fourth-order valence-corrected chi connectivity index (χ4v) is 2.20. The van der Waals surface area contributed by atoms with Crippen LogP contribution < -0.4 is 4.90 Å². The van der Waals surface area contributed by atoms with Gasteiger partial charge in [0.2, 0.25) is 5.78 Å². The maximum absolute atomic E-state index is 11.6. The van der Waals surface area contributed by atoms with Crippen molar-refractivity contribution in [3.8, 4) is 0 Å². The third kappa shape index (κ3) is 2.06. The van der Waals surface area contributed by atoms with Gasteiger partial charge in [-0.05, 0) is 24.6 Å². The zero-order chi connectivity index (χ0) is 11.7. The van der Waals surface area contributed by atoms with Crippen LogP contribution in [0.1, 0.15) is 12.8 Å². The highest BCUT2D eigenvalue weighted by Crippen LogP contribution is 2.30. The minimum Gasteiger partial charge on any atom is -0.304 e. The van der Waals surface area contributed by atoms with Crippen LogP contribution in [0.4, 0.5) is 5.69 Å². The van der Waals surface area contributed by atoms with Crippen molar-refractivity contribution >= 4 is 40.6 Å². The first-order valence-corrected chi connectivity index (χ1v) is 5.65. The summed E-state index contributed by atoms with van der Waals surface area (Å²) >= 11 is 11.8. The Bertz CT molecular complexity index is 459. The summed E-state index contributed by atoms with van der Waals surface area (Å²) in [5.41, 5.74) is 0.545. The molecule has 0 unspecified atom stereocenters. The van der Waals surface area contributed by atoms with Gasteiger partial charge in [0.05, 0.1) is 10.7 Å². The SMILES string of the molecule is O=C1CCCN(c2ccc(Cl)cc2Cl)C1=O. The van der Waals surface area contributed by atoms with Gasteiger partial charge in [0, 0.05) is 18.0 Å². The lowest BCUT2D eigenvalue weighted by atomic mass is 10.1. The molecule has 16 heavy (non-hydrogen) atoms. The molecule has 1 fully saturated rings. The van der Waals surface area contributed by atoms with Gasteiger partial charge in [0.1, 0.15) is 0 Å². The van der Waals surface area contributed by atoms with E-state index in [2.05, 4.69) is 0 Å². The smallest absolute Gasteiger partial charge is 0.294 e. The van der Waals surface area contributed by atoms with Gasteiger partial charge < -0.3 is 4.90 Å². The number of anilines is 1. The molecule has 0 aliphatic carbocycles. The molecule has 0 radical (unpaired) electrons. The maximum atomic E-state index is 11.6. The molecule has 1 saturated heterocycles. The quantitative estimate of drug-likeness (QED) is 0.726. The second kappa shape index (κ2) is 4.44. The molecule has 0 saturated carbocycles. The van der Waals surface area contributed by atoms with Crippen molar-refractivity contribution in [1.29, 1.82) is 0 Å². The van der Waals surface area contributed by atoms with Crippen molar-refractivity contribution in [3.63, 3.8) is 0 Å². The molecular weight excluding hydrogens is 249 g/mol. The van der Waals surface area contributed by atoms with E-state index in [9.17, 15) is 9.59 Å². The number of amides is 1. The van der Waals surface area contributed by atoms with Crippen LogP contribution in [-0.2, 0) is 9.59 Å². The first-order valence-electron chi connectivity index (χ1n) is 4.89. The van der Waals surface area contributed by atoms with Gasteiger partial charge in [0.25, 0.3) is 5.91 Å². The molecule has 1 aliphatic rings. The molecule has 1 heterocycles. The number of Topliss-reactive ketones (excluding diaryl/α,β-unsaturated/α-hetero) is 1. The van der Waals surface area contributed by atoms with Gasteiger partial charge in [-0.1, -0.05) is 23.2 Å². The first kappa shape index (κ1) is 11.4. The molecule has 84 valence electrons. The number of carbonyl (C=O) groups excluding carboxylic acids is 2. The van der Waals surface area contributed by atoms with E-state index in [1.807, 2.05) is 0 Å². The monoisotopic (exact) mass is 257 g/mol. The summed E-state index contributed by atoms with van der Waals surface area (Å²) in [6, 6.07) is 4.86. The number of halogens is 2. The van der Waals surface area contributed by atoms with Crippen molar-refractivity contribution in [3.05, 3.63) is 28.2 Å². The highest BCUT2D eigenvalue weighted by atomic mass is 35.5. The average molecular weight is 258 g/mol. The predicted molar refractivity (Wildman–Crippen MR) is 63.1 cm³/mol. The standard InChI is InChI=1S/C11H9Cl2NO2/c12-7-3-4-9(8(13)6-7)14-5-1-2-10(15)11(14)16/h3-4,6H,1-2,5H2. The molecule has 2 rings (SSSR count). The highest BCUT2D eigenvalue weighted by Gasteiger charge is 2.28. The molecule has 1 aromatic carbocycles. The molecule has 1 aliphatic heterocycles. The number of rotatable bonds is 1. The van der Waals surface area contributed by atoms with Crippen molar-refractivity contribution in [2.45, 2.75) is 12.8 Å². The first-order chi connectivity index (χ1) is 7.59. The lowest BCUT2D eigenvalue weighted by Crippen LogP contribution is -2.41. The zero-order valence-corrected chi connectivity index (χ0v) is 9.88. The van der Waals surface area contributed by atoms with E-state index in [0.29, 0.717) is 35.1 Å². The van der Waals surface area contributed by atoms with Crippen LogP contribution in [0.2, 0.25) is 10.0 Å². The topological polar surface area (TPSA) is 37.4 Å². The number of piperidine rings is 1. The maximum Gasteiger partial charge on any atom is 0.294 e. The second-order valence-electron chi connectivity index (χ2n) is 3.58. The summed E-state index contributed by atoms with van der Waals surface area (Å²) in [6.45, 7) is 0.520. The second-order valence-corrected chi connectivity index (χ2v) is 4.42. The summed E-state index contributed by atoms with van der Waals surface area (Å²) in [7, 11) is 0. The van der Waals surface area contributed by atoms with Crippen molar-refractivity contribution in [2.24, 2.45) is 0 Å². The Kier molecular flexibility index (Phi) is 3.17. The predicted octanol–water partition coefficient (Wildman–Crippen LogP) is 2.69. The minimum atomic E-state index is -0.490. The lowest BCUT2D eigenvalue weighted by molar-refractivity contribution is -0.137. The van der Waals surface area contributed by atoms with Gasteiger partial charge in [-0.2, -0.15) is 0 Å². The number of hydrogen-bond acceptors (Lipinski definition) is 2. The van der Waals surface area contributed by atoms with Gasteiger partial charge in [-0.3, -0.25) is 9.59 Å². The molecule has 0 N–H and O–H groups in total. The molecule has 5 heteroatoms. The molecule has 1 amide bonds. The van der Waals surface area contributed by atoms with Crippen molar-refractivity contribution in [1.82, 2.24) is 0 Å². The summed E-state index contributed by atoms with van der Waals surface area (Å²) in [5, 5.41) is 0.889. The third-order valence-corrected chi connectivity index (χ3v) is 3.01. The normalized spacial score (nSPS) is 16.8. The van der Waals surface area contributed by atoms with Crippen molar-refractivity contribution < 1.29 is 9.59 Å². The van der Waals surface area contributed by atoms with Gasteiger partial charge in [0.15, 0.2) is 0 Å². The average Bonchev–Trinajstić information content (AvgIpc) is 2.23. The number of ketones is 1. The van der Waals surface area contributed by atoms with Crippen LogP contribution in [-0.4, -0.2) is 18.2 Å². The fraction of sp³-hybridized carbons (Fsp3) is 0.273. The molecule has 0 aromatic heterocycles. The Hall–Kier alpha value is -1.06. The highest BCUT2D eigenvalue weighted by molar-refractivity contribution is 6.43. The Morgan fingerprint density at radius 2 is 1.94 bits per heavy atom. The van der Waals surface area contributed by atoms with Gasteiger partial charge >= 0.3 is 0 Å². The zero-order valence-electron chi connectivity index (χ0n) is 8.37. The van der Waals surface area contributed by atoms with E-state index >= 15 is 0 Å². The molecule has 0 spiro atoms. The number of carbonyl (C=O) groups is 2. The molecule has 0 bridgehead atoms. The Morgan fingerprint density at radius 1 is 1.19 bits per heavy atom. The van der Waals surface area contributed by atoms with E-state index in [1.165, 1.54) is 4.90 Å². The Morgan fingerprint density at radius 3 is 2.62 bits per heavy atom. The van der Waals surface area contributed by atoms with E-state index in [0.717, 1.165) is 0 Å². The van der Waals surface area contributed by atoms with Crippen LogP contribution in [0.5, 0.6) is 0 Å². The van der Waals surface area contributed by atoms with Crippen LogP contribution in [0.25, 0.3) is 0 Å². The molecule has 3 nitrogen and oxygen atoms in total. The number of nitrogens with zero attached hydrogens (tertiary/aromatic N) is 1.